The lowest BCUT2D eigenvalue weighted by Gasteiger charge is -2.42. The highest BCUT2D eigenvalue weighted by molar-refractivity contribution is 7.99. The number of nitrogens with zero attached hydrogens (tertiary/aromatic N) is 1. The zero-order valence-corrected chi connectivity index (χ0v) is 12.7. The van der Waals surface area contributed by atoms with Crippen LogP contribution in [0.3, 0.4) is 0 Å². The first-order valence-electron chi connectivity index (χ1n) is 7.31. The Bertz CT molecular complexity index is 495. The van der Waals surface area contributed by atoms with E-state index >= 15 is 0 Å². The number of rotatable bonds is 2. The number of nitrogen functional groups attached to an aromatic ring is 1. The summed E-state index contributed by atoms with van der Waals surface area (Å²) in [6.07, 6.45) is 5.05. The fraction of sp³-hybridized carbons (Fsp3) is 0.600. The van der Waals surface area contributed by atoms with E-state index in [9.17, 15) is 4.79 Å². The summed E-state index contributed by atoms with van der Waals surface area (Å²) in [5.74, 6) is 1.88. The average molecular weight is 308 g/mol. The predicted molar refractivity (Wildman–Crippen MR) is 82.3 cm³/mol. The van der Waals surface area contributed by atoms with Crippen molar-refractivity contribution in [3.8, 4) is 0 Å². The lowest BCUT2D eigenvalue weighted by atomic mass is 9.86. The first-order chi connectivity index (χ1) is 10.2. The van der Waals surface area contributed by atoms with Crippen LogP contribution in [0.2, 0.25) is 0 Å². The van der Waals surface area contributed by atoms with E-state index in [1.54, 1.807) is 12.1 Å². The van der Waals surface area contributed by atoms with E-state index in [1.165, 1.54) is 6.20 Å². The van der Waals surface area contributed by atoms with Crippen LogP contribution in [0.5, 0.6) is 0 Å². The summed E-state index contributed by atoms with van der Waals surface area (Å²) in [5.41, 5.74) is 6.34. The zero-order valence-electron chi connectivity index (χ0n) is 11.9. The van der Waals surface area contributed by atoms with Gasteiger partial charge in [0, 0.05) is 12.8 Å². The molecule has 2 aliphatic heterocycles. The summed E-state index contributed by atoms with van der Waals surface area (Å²) >= 11 is 1.97. The van der Waals surface area contributed by atoms with Gasteiger partial charge in [-0.3, -0.25) is 0 Å². The van der Waals surface area contributed by atoms with Gasteiger partial charge in [0.05, 0.1) is 24.1 Å². The summed E-state index contributed by atoms with van der Waals surface area (Å²) in [4.78, 5) is 16.1. The van der Waals surface area contributed by atoms with Crippen LogP contribution in [0.1, 0.15) is 36.2 Å². The molecule has 0 radical (unpaired) electrons. The maximum Gasteiger partial charge on any atom is 0.357 e. The number of pyridine rings is 1. The van der Waals surface area contributed by atoms with Crippen molar-refractivity contribution in [2.45, 2.75) is 37.4 Å². The second kappa shape index (κ2) is 6.23. The predicted octanol–water partition coefficient (Wildman–Crippen LogP) is 2.27. The Balaban J connectivity index is 1.61. The number of hydrogen-bond donors (Lipinski definition) is 1. The number of esters is 1. The molecule has 1 spiro atoms. The lowest BCUT2D eigenvalue weighted by molar-refractivity contribution is -0.124. The molecule has 6 heteroatoms. The molecule has 0 saturated carbocycles. The van der Waals surface area contributed by atoms with Gasteiger partial charge in [-0.1, -0.05) is 0 Å². The van der Waals surface area contributed by atoms with Gasteiger partial charge in [0.25, 0.3) is 0 Å². The third-order valence-corrected chi connectivity index (χ3v) is 5.11. The van der Waals surface area contributed by atoms with Crippen LogP contribution in [0.15, 0.2) is 18.3 Å². The number of aromatic nitrogens is 1. The maximum atomic E-state index is 12.1. The molecule has 5 nitrogen and oxygen atoms in total. The monoisotopic (exact) mass is 308 g/mol. The highest BCUT2D eigenvalue weighted by Gasteiger charge is 2.40. The zero-order chi connectivity index (χ0) is 14.7. The Morgan fingerprint density at radius 2 is 2.24 bits per heavy atom. The molecular formula is C15H20N2O3S. The quantitative estimate of drug-likeness (QED) is 0.845. The molecule has 2 N–H and O–H groups in total. The molecule has 114 valence electrons. The molecule has 2 fully saturated rings. The molecule has 0 amide bonds. The molecule has 1 aromatic rings. The first-order valence-corrected chi connectivity index (χ1v) is 8.47. The Kier molecular flexibility index (Phi) is 4.35. The minimum absolute atomic E-state index is 0.0753. The van der Waals surface area contributed by atoms with E-state index in [2.05, 4.69) is 4.98 Å². The molecule has 3 heterocycles. The van der Waals surface area contributed by atoms with Crippen LogP contribution in [0.25, 0.3) is 0 Å². The minimum Gasteiger partial charge on any atom is -0.457 e. The van der Waals surface area contributed by atoms with Crippen LogP contribution < -0.4 is 5.73 Å². The van der Waals surface area contributed by atoms with E-state index in [1.807, 2.05) is 11.8 Å². The number of anilines is 1. The van der Waals surface area contributed by atoms with Crippen molar-refractivity contribution in [3.05, 3.63) is 24.0 Å². The third kappa shape index (κ3) is 3.49. The van der Waals surface area contributed by atoms with Gasteiger partial charge in [-0.25, -0.2) is 9.78 Å². The highest BCUT2D eigenvalue weighted by Crippen LogP contribution is 2.38. The molecule has 0 aliphatic carbocycles. The summed E-state index contributed by atoms with van der Waals surface area (Å²) in [6, 6.07) is 3.26. The van der Waals surface area contributed by atoms with E-state index in [0.29, 0.717) is 18.0 Å². The van der Waals surface area contributed by atoms with Crippen molar-refractivity contribution in [3.63, 3.8) is 0 Å². The normalized spacial score (nSPS) is 24.7. The standard InChI is InChI=1S/C15H20N2O3S/c16-11-1-2-13(17-10-11)14(18)20-12-3-6-19-15(9-12)4-7-21-8-5-15/h1-2,10,12H,3-9,16H2. The topological polar surface area (TPSA) is 74.4 Å². The van der Waals surface area contributed by atoms with E-state index < -0.39 is 0 Å². The Hall–Kier alpha value is -1.27. The number of carbonyl (C=O) groups is 1. The summed E-state index contributed by atoms with van der Waals surface area (Å²) in [6.45, 7) is 0.664. The average Bonchev–Trinajstić information content (AvgIpc) is 2.49. The number of carbonyl (C=O) groups excluding carboxylic acids is 1. The third-order valence-electron chi connectivity index (χ3n) is 4.12. The smallest absolute Gasteiger partial charge is 0.357 e. The van der Waals surface area contributed by atoms with Crippen LogP contribution in [-0.4, -0.2) is 40.8 Å². The van der Waals surface area contributed by atoms with Gasteiger partial charge >= 0.3 is 5.97 Å². The van der Waals surface area contributed by atoms with E-state index in [4.69, 9.17) is 15.2 Å². The van der Waals surface area contributed by atoms with Crippen LogP contribution in [0, 0.1) is 0 Å². The fourth-order valence-electron chi connectivity index (χ4n) is 2.91. The van der Waals surface area contributed by atoms with E-state index in [0.717, 1.165) is 37.2 Å². The van der Waals surface area contributed by atoms with Crippen molar-refractivity contribution >= 4 is 23.4 Å². The Morgan fingerprint density at radius 1 is 1.43 bits per heavy atom. The second-order valence-corrected chi connectivity index (χ2v) is 6.87. The van der Waals surface area contributed by atoms with Gasteiger partial charge in [0.15, 0.2) is 0 Å². The minimum atomic E-state index is -0.373. The molecule has 3 rings (SSSR count). The van der Waals surface area contributed by atoms with Crippen molar-refractivity contribution in [1.29, 1.82) is 0 Å². The maximum absolute atomic E-state index is 12.1. The molecule has 2 aliphatic rings. The molecule has 1 atom stereocenters. The molecule has 0 bridgehead atoms. The number of thioether (sulfide) groups is 1. The van der Waals surface area contributed by atoms with Crippen LogP contribution in [-0.2, 0) is 9.47 Å². The Morgan fingerprint density at radius 3 is 2.95 bits per heavy atom. The molecule has 1 unspecified atom stereocenters. The van der Waals surface area contributed by atoms with Gasteiger partial charge in [0.2, 0.25) is 0 Å². The number of hydrogen-bond acceptors (Lipinski definition) is 6. The molecular weight excluding hydrogens is 288 g/mol. The van der Waals surface area contributed by atoms with Gasteiger partial charge in [-0.2, -0.15) is 11.8 Å². The fourth-order valence-corrected chi connectivity index (χ4v) is 4.15. The van der Waals surface area contributed by atoms with Crippen molar-refractivity contribution in [2.75, 3.05) is 23.8 Å². The van der Waals surface area contributed by atoms with E-state index in [-0.39, 0.29) is 17.7 Å². The van der Waals surface area contributed by atoms with Crippen LogP contribution >= 0.6 is 11.8 Å². The molecule has 2 saturated heterocycles. The summed E-state index contributed by atoms with van der Waals surface area (Å²) in [5, 5.41) is 0. The molecule has 21 heavy (non-hydrogen) atoms. The van der Waals surface area contributed by atoms with Crippen molar-refractivity contribution in [2.24, 2.45) is 0 Å². The Labute approximate surface area is 128 Å². The van der Waals surface area contributed by atoms with Gasteiger partial charge in [-0.15, -0.1) is 0 Å². The highest BCUT2D eigenvalue weighted by atomic mass is 32.2. The SMILES string of the molecule is Nc1ccc(C(=O)OC2CCOC3(CCSCC3)C2)nc1. The number of ether oxygens (including phenoxy) is 2. The van der Waals surface area contributed by atoms with Gasteiger partial charge in [-0.05, 0) is 36.5 Å². The largest absolute Gasteiger partial charge is 0.457 e. The van der Waals surface area contributed by atoms with Crippen molar-refractivity contribution < 1.29 is 14.3 Å². The summed E-state index contributed by atoms with van der Waals surface area (Å²) < 4.78 is 11.6. The second-order valence-electron chi connectivity index (χ2n) is 5.64. The first kappa shape index (κ1) is 14.7. The number of nitrogens with two attached hydrogens (primary N) is 1. The van der Waals surface area contributed by atoms with Crippen LogP contribution in [0.4, 0.5) is 5.69 Å². The summed E-state index contributed by atoms with van der Waals surface area (Å²) in [7, 11) is 0. The van der Waals surface area contributed by atoms with Gasteiger partial charge in [0.1, 0.15) is 11.8 Å². The van der Waals surface area contributed by atoms with Crippen molar-refractivity contribution in [1.82, 2.24) is 4.98 Å². The van der Waals surface area contributed by atoms with Gasteiger partial charge < -0.3 is 15.2 Å². The lowest BCUT2D eigenvalue weighted by Crippen LogP contribution is -2.45. The molecule has 0 aromatic carbocycles. The molecule has 1 aromatic heterocycles.